The van der Waals surface area contributed by atoms with E-state index >= 15 is 0 Å². The summed E-state index contributed by atoms with van der Waals surface area (Å²) in [7, 11) is 0. The molecule has 3 aromatic heterocycles. The van der Waals surface area contributed by atoms with E-state index in [1.807, 2.05) is 0 Å². The molecule has 166 valence electrons. The number of carbonyl (C=O) groups excluding carboxylic acids is 2. The minimum absolute atomic E-state index is 0.0304. The maximum Gasteiger partial charge on any atom is 0.407 e. The van der Waals surface area contributed by atoms with Gasteiger partial charge in [0.15, 0.2) is 5.76 Å². The highest BCUT2D eigenvalue weighted by Crippen LogP contribution is 2.19. The molecule has 10 nitrogen and oxygen atoms in total. The summed E-state index contributed by atoms with van der Waals surface area (Å²) in [5, 5.41) is 5.62. The Morgan fingerprint density at radius 3 is 2.69 bits per heavy atom. The number of nitrogens with two attached hydrogens (primary N) is 1. The van der Waals surface area contributed by atoms with Crippen molar-refractivity contribution in [2.24, 2.45) is 0 Å². The Bertz CT molecular complexity index is 1080. The van der Waals surface area contributed by atoms with E-state index < -0.39 is 12.0 Å². The van der Waals surface area contributed by atoms with Crippen molar-refractivity contribution in [3.8, 4) is 11.5 Å². The first-order chi connectivity index (χ1) is 15.6. The van der Waals surface area contributed by atoms with Gasteiger partial charge in [-0.2, -0.15) is 0 Å². The lowest BCUT2D eigenvalue weighted by Gasteiger charge is -2.12. The van der Waals surface area contributed by atoms with Crippen LogP contribution in [0.4, 0.5) is 10.7 Å². The molecule has 0 aliphatic heterocycles. The second-order valence-electron chi connectivity index (χ2n) is 7.48. The first kappa shape index (κ1) is 21.3. The number of hydrogen-bond donors (Lipinski definition) is 3. The Kier molecular flexibility index (Phi) is 6.59. The largest absolute Gasteiger partial charge is 0.463 e. The maximum absolute atomic E-state index is 12.6. The molecule has 0 bridgehead atoms. The molecule has 1 saturated carbocycles. The second-order valence-corrected chi connectivity index (χ2v) is 7.48. The Morgan fingerprint density at radius 2 is 1.91 bits per heavy atom. The molecule has 0 radical (unpaired) electrons. The zero-order chi connectivity index (χ0) is 22.3. The molecular formula is C22H24N6O4. The quantitative estimate of drug-likeness (QED) is 0.513. The van der Waals surface area contributed by atoms with E-state index in [-0.39, 0.29) is 30.8 Å². The molecule has 1 aliphatic carbocycles. The van der Waals surface area contributed by atoms with Gasteiger partial charge in [-0.15, -0.1) is 0 Å². The van der Waals surface area contributed by atoms with Crippen LogP contribution in [0, 0.1) is 0 Å². The topological polar surface area (TPSA) is 145 Å². The van der Waals surface area contributed by atoms with Crippen LogP contribution in [0.25, 0.3) is 11.5 Å². The van der Waals surface area contributed by atoms with Gasteiger partial charge < -0.3 is 25.5 Å². The lowest BCUT2D eigenvalue weighted by Crippen LogP contribution is -2.33. The van der Waals surface area contributed by atoms with Gasteiger partial charge in [-0.25, -0.2) is 14.8 Å². The molecule has 0 unspecified atom stereocenters. The highest BCUT2D eigenvalue weighted by atomic mass is 16.5. The molecule has 1 aliphatic rings. The van der Waals surface area contributed by atoms with Gasteiger partial charge in [0.25, 0.3) is 5.91 Å². The second kappa shape index (κ2) is 9.90. The average molecular weight is 436 g/mol. The average Bonchev–Trinajstić information content (AvgIpc) is 3.50. The molecular weight excluding hydrogens is 412 g/mol. The van der Waals surface area contributed by atoms with Crippen molar-refractivity contribution in [3.63, 3.8) is 0 Å². The van der Waals surface area contributed by atoms with Crippen LogP contribution in [0.3, 0.4) is 0 Å². The molecule has 10 heteroatoms. The monoisotopic (exact) mass is 436 g/mol. The minimum Gasteiger partial charge on any atom is -0.463 e. The zero-order valence-electron chi connectivity index (χ0n) is 17.4. The Hall–Kier alpha value is -3.95. The molecule has 4 rings (SSSR count). The molecule has 0 saturated heterocycles. The summed E-state index contributed by atoms with van der Waals surface area (Å²) >= 11 is 0. The number of anilines is 1. The van der Waals surface area contributed by atoms with Gasteiger partial charge in [0, 0.05) is 6.04 Å². The van der Waals surface area contributed by atoms with Crippen molar-refractivity contribution in [2.75, 3.05) is 5.73 Å². The van der Waals surface area contributed by atoms with Crippen LogP contribution >= 0.6 is 0 Å². The standard InChI is InChI=1S/C22H24N6O4/c23-21-27-17(19-9-4-10-31-19)11-18(28-21)20(29)24-12-15-7-3-8-16(25-15)13-32-22(30)26-14-5-1-2-6-14/h3-4,7-11,14H,1-2,5-6,12-13H2,(H,24,29)(H,26,30)(H2,23,27,28). The first-order valence-electron chi connectivity index (χ1n) is 10.4. The number of alkyl carbamates (subject to hydrolysis) is 1. The smallest absolute Gasteiger partial charge is 0.407 e. The lowest BCUT2D eigenvalue weighted by molar-refractivity contribution is 0.0945. The normalized spacial score (nSPS) is 13.6. The molecule has 0 aromatic carbocycles. The molecule has 3 heterocycles. The number of aromatic nitrogens is 3. The highest BCUT2D eigenvalue weighted by Gasteiger charge is 2.18. The number of nitrogens with zero attached hydrogens (tertiary/aromatic N) is 3. The molecule has 1 fully saturated rings. The van der Waals surface area contributed by atoms with Crippen LogP contribution < -0.4 is 16.4 Å². The third kappa shape index (κ3) is 5.60. The van der Waals surface area contributed by atoms with E-state index in [9.17, 15) is 9.59 Å². The summed E-state index contributed by atoms with van der Waals surface area (Å²) in [6, 6.07) is 10.5. The van der Waals surface area contributed by atoms with Gasteiger partial charge in [0.1, 0.15) is 18.0 Å². The Morgan fingerprint density at radius 1 is 1.09 bits per heavy atom. The van der Waals surface area contributed by atoms with Crippen LogP contribution in [0.1, 0.15) is 47.6 Å². The van der Waals surface area contributed by atoms with Crippen LogP contribution in [0.2, 0.25) is 0 Å². The van der Waals surface area contributed by atoms with E-state index in [1.165, 1.54) is 12.3 Å². The van der Waals surface area contributed by atoms with Gasteiger partial charge in [-0.1, -0.05) is 18.9 Å². The van der Waals surface area contributed by atoms with Crippen molar-refractivity contribution in [3.05, 3.63) is 59.7 Å². The van der Waals surface area contributed by atoms with Gasteiger partial charge in [0.2, 0.25) is 5.95 Å². The van der Waals surface area contributed by atoms with E-state index in [0.29, 0.717) is 22.8 Å². The van der Waals surface area contributed by atoms with E-state index in [4.69, 9.17) is 14.9 Å². The van der Waals surface area contributed by atoms with Crippen molar-refractivity contribution in [2.45, 2.75) is 44.9 Å². The van der Waals surface area contributed by atoms with Crippen LogP contribution in [-0.4, -0.2) is 33.0 Å². The van der Waals surface area contributed by atoms with Gasteiger partial charge in [-0.05, 0) is 43.2 Å². The number of furan rings is 1. The summed E-state index contributed by atoms with van der Waals surface area (Å²) in [5.41, 5.74) is 7.47. The zero-order valence-corrected chi connectivity index (χ0v) is 17.4. The maximum atomic E-state index is 12.6. The molecule has 2 amide bonds. The van der Waals surface area contributed by atoms with Crippen LogP contribution in [0.5, 0.6) is 0 Å². The Labute approximate surface area is 184 Å². The van der Waals surface area contributed by atoms with E-state index in [2.05, 4.69) is 25.6 Å². The van der Waals surface area contributed by atoms with Crippen molar-refractivity contribution >= 4 is 17.9 Å². The summed E-state index contributed by atoms with van der Waals surface area (Å²) < 4.78 is 10.6. The molecule has 32 heavy (non-hydrogen) atoms. The lowest BCUT2D eigenvalue weighted by atomic mass is 10.2. The van der Waals surface area contributed by atoms with Gasteiger partial charge >= 0.3 is 6.09 Å². The third-order valence-corrected chi connectivity index (χ3v) is 5.07. The van der Waals surface area contributed by atoms with Gasteiger partial charge in [0.05, 0.1) is 24.2 Å². The fourth-order valence-electron chi connectivity index (χ4n) is 3.52. The predicted octanol–water partition coefficient (Wildman–Crippen LogP) is 2.81. The summed E-state index contributed by atoms with van der Waals surface area (Å²) in [6.07, 6.45) is 5.31. The van der Waals surface area contributed by atoms with Crippen LogP contribution in [-0.2, 0) is 17.9 Å². The number of hydrogen-bond acceptors (Lipinski definition) is 8. The molecule has 0 spiro atoms. The third-order valence-electron chi connectivity index (χ3n) is 5.07. The van der Waals surface area contributed by atoms with Crippen LogP contribution in [0.15, 0.2) is 47.1 Å². The fourth-order valence-corrected chi connectivity index (χ4v) is 3.52. The minimum atomic E-state index is -0.439. The van der Waals surface area contributed by atoms with Gasteiger partial charge in [-0.3, -0.25) is 9.78 Å². The number of amides is 2. The Balaban J connectivity index is 1.32. The molecule has 4 N–H and O–H groups in total. The fraction of sp³-hybridized carbons (Fsp3) is 0.318. The number of rotatable bonds is 7. The number of carbonyl (C=O) groups is 2. The molecule has 3 aromatic rings. The van der Waals surface area contributed by atoms with Crippen molar-refractivity contribution in [1.29, 1.82) is 0 Å². The van der Waals surface area contributed by atoms with Crippen molar-refractivity contribution in [1.82, 2.24) is 25.6 Å². The SMILES string of the molecule is Nc1nc(C(=O)NCc2cccc(COC(=O)NC3CCCC3)n2)cc(-c2ccco2)n1. The van der Waals surface area contributed by atoms with Crippen molar-refractivity contribution < 1.29 is 18.7 Å². The highest BCUT2D eigenvalue weighted by molar-refractivity contribution is 5.93. The number of nitrogen functional groups attached to an aromatic ring is 1. The first-order valence-corrected chi connectivity index (χ1v) is 10.4. The predicted molar refractivity (Wildman–Crippen MR) is 115 cm³/mol. The number of ether oxygens (including phenoxy) is 1. The number of pyridine rings is 1. The van der Waals surface area contributed by atoms with E-state index in [0.717, 1.165) is 25.7 Å². The summed E-state index contributed by atoms with van der Waals surface area (Å²) in [4.78, 5) is 37.0. The summed E-state index contributed by atoms with van der Waals surface area (Å²) in [6.45, 7) is 0.218. The summed E-state index contributed by atoms with van der Waals surface area (Å²) in [5.74, 6) is 0.0305. The van der Waals surface area contributed by atoms with E-state index in [1.54, 1.807) is 30.3 Å². The number of nitrogens with one attached hydrogen (secondary N) is 2. The molecule has 0 atom stereocenters.